The van der Waals surface area contributed by atoms with Crippen LogP contribution in [0.1, 0.15) is 77.0 Å². The van der Waals surface area contributed by atoms with E-state index in [0.717, 1.165) is 11.8 Å². The van der Waals surface area contributed by atoms with Gasteiger partial charge in [-0.25, -0.2) is 0 Å². The van der Waals surface area contributed by atoms with E-state index in [4.69, 9.17) is 0 Å². The van der Waals surface area contributed by atoms with Crippen LogP contribution >= 0.6 is 0 Å². The van der Waals surface area contributed by atoms with Crippen molar-refractivity contribution in [3.8, 4) is 0 Å². The topological polar surface area (TPSA) is 0 Å². The zero-order valence-corrected chi connectivity index (χ0v) is 14.6. The molecule has 4 aliphatic rings. The molecule has 2 saturated carbocycles. The predicted molar refractivity (Wildman–Crippen MR) is 99.3 cm³/mol. The number of hydrogen-bond donors (Lipinski definition) is 0. The Bertz CT molecular complexity index is 530. The van der Waals surface area contributed by atoms with E-state index in [1.807, 2.05) is 0 Å². The summed E-state index contributed by atoms with van der Waals surface area (Å²) >= 11 is 0. The molecule has 2 fully saturated rings. The molecule has 0 aliphatic heterocycles. The second-order valence-electron chi connectivity index (χ2n) is 8.34. The van der Waals surface area contributed by atoms with Gasteiger partial charge in [0.15, 0.2) is 0 Å². The summed E-state index contributed by atoms with van der Waals surface area (Å²) in [7, 11) is 0. The van der Waals surface area contributed by atoms with Gasteiger partial charge in [-0.1, -0.05) is 100 Å². The fourth-order valence-electron chi connectivity index (χ4n) is 5.36. The van der Waals surface area contributed by atoms with E-state index in [1.54, 1.807) is 16.7 Å². The van der Waals surface area contributed by atoms with Crippen LogP contribution in [0.4, 0.5) is 0 Å². The van der Waals surface area contributed by atoms with Crippen LogP contribution in [0.25, 0.3) is 0 Å². The molecule has 23 heavy (non-hydrogen) atoms. The number of fused-ring (bicyclic) bond motifs is 1. The average molecular weight is 309 g/mol. The van der Waals surface area contributed by atoms with Crippen molar-refractivity contribution in [3.05, 3.63) is 47.1 Å². The zero-order valence-electron chi connectivity index (χ0n) is 14.6. The van der Waals surface area contributed by atoms with Crippen molar-refractivity contribution in [2.24, 2.45) is 17.8 Å². The van der Waals surface area contributed by atoms with E-state index in [-0.39, 0.29) is 0 Å². The number of hydrogen-bond acceptors (Lipinski definition) is 0. The molecule has 0 aromatic rings. The lowest BCUT2D eigenvalue weighted by molar-refractivity contribution is 0.352. The van der Waals surface area contributed by atoms with Gasteiger partial charge in [0.25, 0.3) is 0 Å². The van der Waals surface area contributed by atoms with Gasteiger partial charge in [-0.2, -0.15) is 0 Å². The van der Waals surface area contributed by atoms with Crippen LogP contribution in [-0.4, -0.2) is 0 Å². The lowest BCUT2D eigenvalue weighted by Crippen LogP contribution is -2.11. The Morgan fingerprint density at radius 3 is 2.09 bits per heavy atom. The van der Waals surface area contributed by atoms with Crippen LogP contribution in [0.2, 0.25) is 0 Å². The second-order valence-corrected chi connectivity index (χ2v) is 8.34. The Labute approximate surface area is 142 Å². The van der Waals surface area contributed by atoms with Crippen molar-refractivity contribution in [1.82, 2.24) is 0 Å². The van der Waals surface area contributed by atoms with Gasteiger partial charge >= 0.3 is 0 Å². The summed E-state index contributed by atoms with van der Waals surface area (Å²) in [5.74, 6) is 2.54. The van der Waals surface area contributed by atoms with Gasteiger partial charge in [-0.05, 0) is 35.8 Å². The molecule has 0 radical (unpaired) electrons. The molecule has 0 heteroatoms. The summed E-state index contributed by atoms with van der Waals surface area (Å²) in [5, 5.41) is 0. The average Bonchev–Trinajstić information content (AvgIpc) is 2.95. The third-order valence-corrected chi connectivity index (χ3v) is 6.64. The summed E-state index contributed by atoms with van der Waals surface area (Å²) in [4.78, 5) is 0. The zero-order chi connectivity index (χ0) is 15.5. The molecule has 0 aromatic carbocycles. The smallest absolute Gasteiger partial charge is 0.0237 e. The van der Waals surface area contributed by atoms with E-state index < -0.39 is 0 Å². The second kappa shape index (κ2) is 7.24. The van der Waals surface area contributed by atoms with Crippen LogP contribution in [0.5, 0.6) is 0 Å². The first kappa shape index (κ1) is 15.5. The van der Waals surface area contributed by atoms with Crippen molar-refractivity contribution < 1.29 is 0 Å². The van der Waals surface area contributed by atoms with Crippen LogP contribution in [0.3, 0.4) is 0 Å². The van der Waals surface area contributed by atoms with Crippen LogP contribution in [0.15, 0.2) is 47.1 Å². The lowest BCUT2D eigenvalue weighted by atomic mass is 9.80. The first-order chi connectivity index (χ1) is 11.4. The highest BCUT2D eigenvalue weighted by Gasteiger charge is 2.29. The van der Waals surface area contributed by atoms with Gasteiger partial charge in [0.2, 0.25) is 0 Å². The summed E-state index contributed by atoms with van der Waals surface area (Å²) in [6.07, 6.45) is 29.4. The quantitative estimate of drug-likeness (QED) is 0.529. The maximum absolute atomic E-state index is 2.63. The monoisotopic (exact) mass is 308 g/mol. The molecule has 0 nitrogen and oxygen atoms in total. The Hall–Kier alpha value is -1.04. The molecule has 0 heterocycles. The Balaban J connectivity index is 1.48. The van der Waals surface area contributed by atoms with Gasteiger partial charge in [0.05, 0.1) is 0 Å². The highest BCUT2D eigenvalue weighted by Crippen LogP contribution is 2.44. The highest BCUT2D eigenvalue weighted by atomic mass is 14.3. The molecular formula is C23H32. The molecule has 4 aliphatic carbocycles. The van der Waals surface area contributed by atoms with Crippen molar-refractivity contribution in [2.45, 2.75) is 77.0 Å². The van der Waals surface area contributed by atoms with E-state index in [9.17, 15) is 0 Å². The van der Waals surface area contributed by atoms with Crippen molar-refractivity contribution in [1.29, 1.82) is 0 Å². The standard InChI is InChI=1S/C23H32/c1-3-9-18(10-4-1)15-20-17-21(16-19-11-5-2-6-12-19)23-14-8-7-13-22(20)23/h7-8,13-14,17-19,22H,1-6,9-12,15-16H2. The van der Waals surface area contributed by atoms with Gasteiger partial charge in [-0.15, -0.1) is 0 Å². The van der Waals surface area contributed by atoms with Crippen molar-refractivity contribution in [2.75, 3.05) is 0 Å². The highest BCUT2D eigenvalue weighted by molar-refractivity contribution is 5.52. The largest absolute Gasteiger partial charge is 0.0730 e. The number of rotatable bonds is 4. The normalized spacial score (nSPS) is 29.0. The SMILES string of the molecule is C1=CC2=C(CC3CCCCC3)C=C(CC3CCCCC3)C2C=C1. The first-order valence-electron chi connectivity index (χ1n) is 10.2. The first-order valence-corrected chi connectivity index (χ1v) is 10.2. The van der Waals surface area contributed by atoms with E-state index in [0.29, 0.717) is 5.92 Å². The third kappa shape index (κ3) is 3.57. The fraction of sp³-hybridized carbons (Fsp3) is 0.652. The molecule has 0 aromatic heterocycles. The van der Waals surface area contributed by atoms with Gasteiger partial charge < -0.3 is 0 Å². The Morgan fingerprint density at radius 1 is 0.739 bits per heavy atom. The minimum atomic E-state index is 0.625. The molecular weight excluding hydrogens is 276 g/mol. The van der Waals surface area contributed by atoms with E-state index >= 15 is 0 Å². The van der Waals surface area contributed by atoms with E-state index in [2.05, 4.69) is 30.4 Å². The summed E-state index contributed by atoms with van der Waals surface area (Å²) in [5.41, 5.74) is 5.07. The molecule has 124 valence electrons. The lowest BCUT2D eigenvalue weighted by Gasteiger charge is -2.25. The third-order valence-electron chi connectivity index (χ3n) is 6.64. The minimum Gasteiger partial charge on any atom is -0.0730 e. The van der Waals surface area contributed by atoms with Crippen LogP contribution in [-0.2, 0) is 0 Å². The molecule has 1 atom stereocenters. The van der Waals surface area contributed by atoms with Crippen LogP contribution in [0, 0.1) is 17.8 Å². The minimum absolute atomic E-state index is 0.625. The summed E-state index contributed by atoms with van der Waals surface area (Å²) < 4.78 is 0. The summed E-state index contributed by atoms with van der Waals surface area (Å²) in [6.45, 7) is 0. The maximum atomic E-state index is 2.63. The maximum Gasteiger partial charge on any atom is 0.0237 e. The molecule has 0 N–H and O–H groups in total. The van der Waals surface area contributed by atoms with Crippen molar-refractivity contribution >= 4 is 0 Å². The van der Waals surface area contributed by atoms with Gasteiger partial charge in [-0.3, -0.25) is 0 Å². The van der Waals surface area contributed by atoms with E-state index in [1.165, 1.54) is 77.0 Å². The van der Waals surface area contributed by atoms with Gasteiger partial charge in [0.1, 0.15) is 0 Å². The van der Waals surface area contributed by atoms with Crippen molar-refractivity contribution in [3.63, 3.8) is 0 Å². The number of allylic oxidation sites excluding steroid dienone is 8. The van der Waals surface area contributed by atoms with Crippen LogP contribution < -0.4 is 0 Å². The predicted octanol–water partition coefficient (Wildman–Crippen LogP) is 6.91. The molecule has 0 spiro atoms. The molecule has 1 unspecified atom stereocenters. The van der Waals surface area contributed by atoms with Gasteiger partial charge in [0, 0.05) is 5.92 Å². The molecule has 0 bridgehead atoms. The Morgan fingerprint density at radius 2 is 1.39 bits per heavy atom. The fourth-order valence-corrected chi connectivity index (χ4v) is 5.36. The Kier molecular flexibility index (Phi) is 4.88. The molecule has 0 saturated heterocycles. The summed E-state index contributed by atoms with van der Waals surface area (Å²) in [6, 6.07) is 0. The molecule has 4 rings (SSSR count). The molecule has 0 amide bonds.